The fourth-order valence-electron chi connectivity index (χ4n) is 2.53. The second-order valence-electron chi connectivity index (χ2n) is 6.84. The van der Waals surface area contributed by atoms with Crippen molar-refractivity contribution in [1.29, 1.82) is 0 Å². The Hall–Kier alpha value is -0.884. The summed E-state index contributed by atoms with van der Waals surface area (Å²) in [5.41, 5.74) is 1.18. The first-order valence-electron chi connectivity index (χ1n) is 9.14. The Bertz CT molecular complexity index is 753. The van der Waals surface area contributed by atoms with Crippen LogP contribution >= 0.6 is 15.9 Å². The first kappa shape index (κ1) is 22.4. The molecule has 0 saturated carbocycles. The number of benzene rings is 3. The van der Waals surface area contributed by atoms with E-state index in [-0.39, 0.29) is 6.10 Å². The van der Waals surface area contributed by atoms with Gasteiger partial charge in [0.1, 0.15) is 0 Å². The molecule has 0 saturated heterocycles. The average molecular weight is 546 g/mol. The molecule has 140 valence electrons. The van der Waals surface area contributed by atoms with E-state index in [0.717, 1.165) is 4.47 Å². The Morgan fingerprint density at radius 3 is 1.59 bits per heavy atom. The van der Waals surface area contributed by atoms with Gasteiger partial charge in [-0.25, -0.2) is 0 Å². The SMILES string of the molecule is CC(O[Si](c1ccccc1)c1ccccc1)c1ccccc1Br.[CH3][Sn]([CH3])[CH3]. The molecular formula is C23H27BrOSiSn. The summed E-state index contributed by atoms with van der Waals surface area (Å²) < 4.78 is 7.65. The van der Waals surface area contributed by atoms with Crippen molar-refractivity contribution >= 4 is 55.1 Å². The minimum absolute atomic E-state index is 0.0277. The van der Waals surface area contributed by atoms with Crippen LogP contribution in [0, 0.1) is 0 Å². The summed E-state index contributed by atoms with van der Waals surface area (Å²) in [6, 6.07) is 29.3. The molecule has 0 aliphatic rings. The molecule has 4 heteroatoms. The Balaban J connectivity index is 0.000000596. The fourth-order valence-corrected chi connectivity index (χ4v) is 5.21. The second kappa shape index (κ2) is 11.8. The molecule has 1 unspecified atom stereocenters. The number of hydrogen-bond acceptors (Lipinski definition) is 1. The average Bonchev–Trinajstić information content (AvgIpc) is 2.67. The summed E-state index contributed by atoms with van der Waals surface area (Å²) >= 11 is 3.09. The van der Waals surface area contributed by atoms with Crippen molar-refractivity contribution in [2.45, 2.75) is 27.8 Å². The Kier molecular flexibility index (Phi) is 9.83. The van der Waals surface area contributed by atoms with Crippen LogP contribution in [-0.4, -0.2) is 28.8 Å². The van der Waals surface area contributed by atoms with Gasteiger partial charge >= 0.3 is 34.6 Å². The van der Waals surface area contributed by atoms with Crippen LogP contribution in [0.25, 0.3) is 0 Å². The molecule has 0 fully saturated rings. The molecule has 3 aromatic rings. The Morgan fingerprint density at radius 2 is 1.15 bits per heavy atom. The Morgan fingerprint density at radius 1 is 0.741 bits per heavy atom. The minimum atomic E-state index is -1.28. The molecular weight excluding hydrogens is 519 g/mol. The maximum absolute atomic E-state index is 6.56. The molecule has 0 spiro atoms. The van der Waals surface area contributed by atoms with Crippen molar-refractivity contribution in [3.8, 4) is 0 Å². The summed E-state index contributed by atoms with van der Waals surface area (Å²) in [6.07, 6.45) is 0.0277. The van der Waals surface area contributed by atoms with E-state index in [2.05, 4.69) is 104 Å². The van der Waals surface area contributed by atoms with Gasteiger partial charge in [-0.3, -0.25) is 0 Å². The van der Waals surface area contributed by atoms with Crippen LogP contribution in [-0.2, 0) is 4.43 Å². The molecule has 1 nitrogen and oxygen atoms in total. The molecule has 3 aromatic carbocycles. The normalized spacial score (nSPS) is 11.8. The third-order valence-corrected chi connectivity index (χ3v) is 6.74. The van der Waals surface area contributed by atoms with E-state index in [4.69, 9.17) is 4.43 Å². The standard InChI is InChI=1S/C20H18BrOSi.3CH3.Sn/c1-16(19-14-8-9-15-20(19)21)22-23(17-10-4-2-5-11-17)18-12-6-3-7-13-18;;;;/h2-16H,1H3;3*1H3;. The van der Waals surface area contributed by atoms with Crippen molar-refractivity contribution in [2.75, 3.05) is 0 Å². The summed E-state index contributed by atoms with van der Waals surface area (Å²) in [6.45, 7) is 2.12. The first-order valence-corrected chi connectivity index (χ1v) is 19.9. The van der Waals surface area contributed by atoms with Gasteiger partial charge in [0.15, 0.2) is 0 Å². The summed E-state index contributed by atoms with van der Waals surface area (Å²) in [5, 5.41) is 2.53. The van der Waals surface area contributed by atoms with E-state index < -0.39 is 28.8 Å². The van der Waals surface area contributed by atoms with Gasteiger partial charge in [-0.2, -0.15) is 0 Å². The van der Waals surface area contributed by atoms with Crippen molar-refractivity contribution in [3.63, 3.8) is 0 Å². The van der Waals surface area contributed by atoms with Crippen molar-refractivity contribution in [2.24, 2.45) is 0 Å². The van der Waals surface area contributed by atoms with Crippen LogP contribution < -0.4 is 10.4 Å². The molecule has 1 atom stereocenters. The van der Waals surface area contributed by atoms with Crippen molar-refractivity contribution in [1.82, 2.24) is 0 Å². The summed E-state index contributed by atoms with van der Waals surface area (Å²) in [5.74, 6) is 0. The summed E-state index contributed by atoms with van der Waals surface area (Å²) in [7, 11) is -1.28. The van der Waals surface area contributed by atoms with Crippen molar-refractivity contribution < 1.29 is 4.43 Å². The predicted molar refractivity (Wildman–Crippen MR) is 125 cm³/mol. The third kappa shape index (κ3) is 7.57. The topological polar surface area (TPSA) is 9.23 Å². The third-order valence-electron chi connectivity index (χ3n) is 3.71. The quantitative estimate of drug-likeness (QED) is 0.374. The van der Waals surface area contributed by atoms with Crippen LogP contribution in [0.2, 0.25) is 14.8 Å². The fraction of sp³-hybridized carbons (Fsp3) is 0.217. The van der Waals surface area contributed by atoms with E-state index in [1.165, 1.54) is 15.9 Å². The monoisotopic (exact) mass is 546 g/mol. The van der Waals surface area contributed by atoms with E-state index in [1.54, 1.807) is 0 Å². The van der Waals surface area contributed by atoms with Gasteiger partial charge < -0.3 is 4.43 Å². The van der Waals surface area contributed by atoms with Gasteiger partial charge in [-0.15, -0.1) is 0 Å². The van der Waals surface area contributed by atoms with Crippen LogP contribution in [0.4, 0.5) is 0 Å². The maximum atomic E-state index is 6.56. The van der Waals surface area contributed by atoms with E-state index in [9.17, 15) is 0 Å². The zero-order valence-electron chi connectivity index (χ0n) is 16.4. The molecule has 0 N–H and O–H groups in total. The van der Waals surface area contributed by atoms with Gasteiger partial charge in [0.25, 0.3) is 9.04 Å². The second-order valence-corrected chi connectivity index (χ2v) is 18.3. The van der Waals surface area contributed by atoms with Gasteiger partial charge in [-0.05, 0) is 28.9 Å². The van der Waals surface area contributed by atoms with Crippen LogP contribution in [0.15, 0.2) is 89.4 Å². The predicted octanol–water partition coefficient (Wildman–Crippen LogP) is 5.70. The van der Waals surface area contributed by atoms with Gasteiger partial charge in [-0.1, -0.05) is 94.8 Å². The molecule has 0 heterocycles. The zero-order valence-corrected chi connectivity index (χ0v) is 21.9. The zero-order chi connectivity index (χ0) is 19.6. The molecule has 0 aromatic heterocycles. The molecule has 2 radical (unpaired) electrons. The first-order chi connectivity index (χ1) is 13.0. The van der Waals surface area contributed by atoms with E-state index in [1.807, 2.05) is 18.2 Å². The van der Waals surface area contributed by atoms with Crippen LogP contribution in [0.5, 0.6) is 0 Å². The van der Waals surface area contributed by atoms with Gasteiger partial charge in [0.2, 0.25) is 0 Å². The molecule has 0 aliphatic carbocycles. The molecule has 27 heavy (non-hydrogen) atoms. The molecule has 0 amide bonds. The number of halogens is 1. The van der Waals surface area contributed by atoms with Gasteiger partial charge in [0.05, 0.1) is 6.10 Å². The van der Waals surface area contributed by atoms with Crippen LogP contribution in [0.1, 0.15) is 18.6 Å². The van der Waals surface area contributed by atoms with Gasteiger partial charge in [0, 0.05) is 4.47 Å². The molecule has 0 bridgehead atoms. The van der Waals surface area contributed by atoms with Crippen LogP contribution in [0.3, 0.4) is 0 Å². The summed E-state index contributed by atoms with van der Waals surface area (Å²) in [4.78, 5) is 7.09. The van der Waals surface area contributed by atoms with Crippen molar-refractivity contribution in [3.05, 3.63) is 95.0 Å². The van der Waals surface area contributed by atoms with E-state index >= 15 is 0 Å². The number of hydrogen-bond donors (Lipinski definition) is 0. The van der Waals surface area contributed by atoms with E-state index in [0.29, 0.717) is 0 Å². The Labute approximate surface area is 181 Å². The molecule has 0 aliphatic heterocycles. The number of rotatable bonds is 5. The molecule has 3 rings (SSSR count).